The second kappa shape index (κ2) is 9.26. The number of pyridine rings is 1. The van der Waals surface area contributed by atoms with Crippen LogP contribution in [-0.4, -0.2) is 59.8 Å². The van der Waals surface area contributed by atoms with Crippen molar-refractivity contribution in [3.8, 4) is 11.3 Å². The van der Waals surface area contributed by atoms with Gasteiger partial charge in [0, 0.05) is 55.8 Å². The van der Waals surface area contributed by atoms with Gasteiger partial charge in [-0.05, 0) is 42.7 Å². The molecule has 0 spiro atoms. The van der Waals surface area contributed by atoms with Gasteiger partial charge < -0.3 is 0 Å². The van der Waals surface area contributed by atoms with E-state index in [1.165, 1.54) is 6.07 Å². The number of rotatable bonds is 6. The van der Waals surface area contributed by atoms with Crippen molar-refractivity contribution >= 4 is 16.6 Å². The first kappa shape index (κ1) is 23.6. The van der Waals surface area contributed by atoms with Crippen LogP contribution in [0.5, 0.6) is 0 Å². The lowest BCUT2D eigenvalue weighted by Gasteiger charge is -2.33. The largest absolute Gasteiger partial charge is 0.297 e. The smallest absolute Gasteiger partial charge is 0.257 e. The number of halogens is 3. The number of hydrogen-bond acceptors (Lipinski definition) is 5. The van der Waals surface area contributed by atoms with Crippen molar-refractivity contribution in [3.63, 3.8) is 0 Å². The molecule has 1 fully saturated rings. The lowest BCUT2D eigenvalue weighted by Crippen LogP contribution is -2.41. The Kier molecular flexibility index (Phi) is 5.91. The van der Waals surface area contributed by atoms with Gasteiger partial charge in [0.2, 0.25) is 0 Å². The molecule has 190 valence electrons. The normalized spacial score (nSPS) is 15.7. The van der Waals surface area contributed by atoms with Crippen molar-refractivity contribution < 1.29 is 13.2 Å². The van der Waals surface area contributed by atoms with Crippen LogP contribution in [0.25, 0.3) is 27.8 Å². The molecule has 0 saturated carbocycles. The molecule has 37 heavy (non-hydrogen) atoms. The number of aromatic nitrogens is 6. The fraction of sp³-hybridized carbons (Fsp3) is 0.333. The van der Waals surface area contributed by atoms with E-state index in [9.17, 15) is 13.2 Å². The summed E-state index contributed by atoms with van der Waals surface area (Å²) in [6.07, 6.45) is 8.96. The van der Waals surface area contributed by atoms with Gasteiger partial charge in [0.05, 0.1) is 41.9 Å². The minimum Gasteiger partial charge on any atom is -0.297 e. The van der Waals surface area contributed by atoms with Crippen molar-refractivity contribution in [1.82, 2.24) is 34.3 Å². The van der Waals surface area contributed by atoms with Gasteiger partial charge in [-0.3, -0.25) is 14.6 Å². The van der Waals surface area contributed by atoms with Crippen LogP contribution < -0.4 is 0 Å². The third-order valence-corrected chi connectivity index (χ3v) is 6.91. The van der Waals surface area contributed by atoms with Crippen molar-refractivity contribution in [3.05, 3.63) is 78.3 Å². The van der Waals surface area contributed by atoms with Gasteiger partial charge in [0.1, 0.15) is 5.82 Å². The maximum atomic E-state index is 14.8. The topological polar surface area (TPSA) is 64.1 Å². The minimum atomic E-state index is -2.68. The zero-order valence-corrected chi connectivity index (χ0v) is 20.4. The molecule has 1 aliphatic heterocycles. The van der Waals surface area contributed by atoms with E-state index < -0.39 is 5.92 Å². The van der Waals surface area contributed by atoms with Gasteiger partial charge in [-0.15, -0.1) is 0 Å². The molecule has 0 radical (unpaired) electrons. The number of hydrogen-bond donors (Lipinski definition) is 0. The predicted octanol–water partition coefficient (Wildman–Crippen LogP) is 5.16. The van der Waals surface area contributed by atoms with E-state index in [1.807, 2.05) is 46.1 Å². The van der Waals surface area contributed by atoms with Crippen LogP contribution in [0.1, 0.15) is 37.1 Å². The summed E-state index contributed by atoms with van der Waals surface area (Å²) in [5.74, 6) is -2.99. The molecule has 0 N–H and O–H groups in total. The molecule has 5 heterocycles. The molecule has 1 aromatic carbocycles. The first-order valence-electron chi connectivity index (χ1n) is 12.3. The predicted molar refractivity (Wildman–Crippen MR) is 134 cm³/mol. The fourth-order valence-corrected chi connectivity index (χ4v) is 5.07. The van der Waals surface area contributed by atoms with Gasteiger partial charge in [0.15, 0.2) is 5.65 Å². The zero-order chi connectivity index (χ0) is 25.6. The quantitative estimate of drug-likeness (QED) is 0.319. The average molecular weight is 506 g/mol. The summed E-state index contributed by atoms with van der Waals surface area (Å²) in [6, 6.07) is 11.0. The molecular weight excluding hydrogens is 479 g/mol. The summed E-state index contributed by atoms with van der Waals surface area (Å²) in [7, 11) is 0. The van der Waals surface area contributed by atoms with Gasteiger partial charge in [0.25, 0.3) is 5.92 Å². The lowest BCUT2D eigenvalue weighted by molar-refractivity contribution is -0.0220. The summed E-state index contributed by atoms with van der Waals surface area (Å²) in [5, 5.41) is 10.2. The summed E-state index contributed by atoms with van der Waals surface area (Å²) >= 11 is 0. The number of nitrogens with zero attached hydrogens (tertiary/aromatic N) is 7. The monoisotopic (exact) mass is 505 g/mol. The minimum absolute atomic E-state index is 0.161. The highest BCUT2D eigenvalue weighted by molar-refractivity contribution is 5.79. The molecule has 7 nitrogen and oxygen atoms in total. The van der Waals surface area contributed by atoms with Crippen molar-refractivity contribution in [2.75, 3.05) is 19.6 Å². The highest BCUT2D eigenvalue weighted by atomic mass is 19.3. The van der Waals surface area contributed by atoms with Gasteiger partial charge in [-0.1, -0.05) is 6.07 Å². The maximum Gasteiger partial charge on any atom is 0.257 e. The molecular formula is C27H26F3N7. The summed E-state index contributed by atoms with van der Waals surface area (Å²) in [6.45, 7) is 1.99. The second-order valence-corrected chi connectivity index (χ2v) is 9.84. The highest BCUT2D eigenvalue weighted by Crippen LogP contribution is 2.27. The number of piperidine rings is 1. The van der Waals surface area contributed by atoms with E-state index in [-0.39, 0.29) is 18.4 Å². The Balaban J connectivity index is 1.22. The van der Waals surface area contributed by atoms with E-state index in [0.29, 0.717) is 36.2 Å². The molecule has 0 bridgehead atoms. The van der Waals surface area contributed by atoms with Crippen LogP contribution in [0, 0.1) is 5.82 Å². The van der Waals surface area contributed by atoms with Crippen LogP contribution in [0.2, 0.25) is 0 Å². The number of fused-ring (bicyclic) bond motifs is 2. The second-order valence-electron chi connectivity index (χ2n) is 9.84. The van der Waals surface area contributed by atoms with Crippen molar-refractivity contribution in [1.29, 1.82) is 0 Å². The van der Waals surface area contributed by atoms with Gasteiger partial charge >= 0.3 is 0 Å². The van der Waals surface area contributed by atoms with E-state index in [2.05, 4.69) is 15.1 Å². The Labute approximate surface area is 211 Å². The highest BCUT2D eigenvalue weighted by Gasteiger charge is 2.29. The van der Waals surface area contributed by atoms with E-state index >= 15 is 0 Å². The molecule has 10 heteroatoms. The number of benzene rings is 1. The summed E-state index contributed by atoms with van der Waals surface area (Å²) < 4.78 is 45.1. The number of likely N-dealkylation sites (tertiary alicyclic amines) is 1. The first-order chi connectivity index (χ1) is 17.8. The van der Waals surface area contributed by atoms with E-state index in [4.69, 9.17) is 5.10 Å². The Morgan fingerprint density at radius 3 is 2.70 bits per heavy atom. The standard InChI is InChI=1S/C27H26F3N7/c1-27(29,30)17-35-9-6-21(7-10-35)36-16-20(14-33-36)24-4-5-26-32-15-22(37(26)34-24)12-19-11-18-3-2-8-31-25(18)13-23(19)28/h2-5,8,11,13-16,21H,6-7,9-10,12,17H2,1H3. The Hall–Kier alpha value is -3.79. The molecule has 0 atom stereocenters. The molecule has 0 amide bonds. The molecule has 0 unspecified atom stereocenters. The molecule has 1 saturated heterocycles. The van der Waals surface area contributed by atoms with Crippen molar-refractivity contribution in [2.45, 2.75) is 38.2 Å². The average Bonchev–Trinajstić information content (AvgIpc) is 3.51. The summed E-state index contributed by atoms with van der Waals surface area (Å²) in [4.78, 5) is 10.5. The molecule has 1 aliphatic rings. The SMILES string of the molecule is CC(F)(F)CN1CCC(n2cc(-c3ccc4ncc(Cc5cc6cccnc6cc5F)n4n3)cn2)CC1. The Morgan fingerprint density at radius 2 is 1.89 bits per heavy atom. The first-order valence-corrected chi connectivity index (χ1v) is 12.3. The van der Waals surface area contributed by atoms with Crippen LogP contribution in [0.4, 0.5) is 13.2 Å². The molecule has 6 rings (SSSR count). The Bertz CT molecular complexity index is 1560. The fourth-order valence-electron chi connectivity index (χ4n) is 5.07. The van der Waals surface area contributed by atoms with Crippen LogP contribution in [0.3, 0.4) is 0 Å². The molecule has 4 aromatic heterocycles. The molecule has 0 aliphatic carbocycles. The van der Waals surface area contributed by atoms with Gasteiger partial charge in [-0.2, -0.15) is 10.2 Å². The van der Waals surface area contributed by atoms with Crippen LogP contribution in [0.15, 0.2) is 61.2 Å². The van der Waals surface area contributed by atoms with Crippen LogP contribution in [-0.2, 0) is 6.42 Å². The van der Waals surface area contributed by atoms with Crippen LogP contribution >= 0.6 is 0 Å². The third-order valence-electron chi connectivity index (χ3n) is 6.91. The maximum absolute atomic E-state index is 14.8. The molecule has 5 aromatic rings. The summed E-state index contributed by atoms with van der Waals surface area (Å²) in [5.41, 5.74) is 4.19. The Morgan fingerprint density at radius 1 is 1.05 bits per heavy atom. The lowest BCUT2D eigenvalue weighted by atomic mass is 10.0. The van der Waals surface area contributed by atoms with Gasteiger partial charge in [-0.25, -0.2) is 22.7 Å². The van der Waals surface area contributed by atoms with E-state index in [0.717, 1.165) is 42.1 Å². The van der Waals surface area contributed by atoms with E-state index in [1.54, 1.807) is 23.1 Å². The van der Waals surface area contributed by atoms with Crippen molar-refractivity contribution in [2.24, 2.45) is 0 Å². The third kappa shape index (κ3) is 4.93. The number of alkyl halides is 2. The number of imidazole rings is 1. The zero-order valence-electron chi connectivity index (χ0n) is 20.4.